The molecule has 0 fully saturated rings. The van der Waals surface area contributed by atoms with Gasteiger partial charge in [-0.05, 0) is 36.8 Å². The lowest BCUT2D eigenvalue weighted by molar-refractivity contribution is 0.787. The van der Waals surface area contributed by atoms with Gasteiger partial charge in [0.15, 0.2) is 0 Å². The molecule has 1 aliphatic rings. The monoisotopic (exact) mass is 150 g/mol. The van der Waals surface area contributed by atoms with Gasteiger partial charge in [0.25, 0.3) is 0 Å². The van der Waals surface area contributed by atoms with Crippen molar-refractivity contribution in [1.82, 2.24) is 0 Å². The van der Waals surface area contributed by atoms with Crippen LogP contribution in [-0.4, -0.2) is 0 Å². The van der Waals surface area contributed by atoms with Gasteiger partial charge in [-0.2, -0.15) is 0 Å². The predicted octanol–water partition coefficient (Wildman–Crippen LogP) is 3.84. The largest absolute Gasteiger partial charge is 0.0773 e. The van der Waals surface area contributed by atoms with Crippen LogP contribution in [0.2, 0.25) is 0 Å². The SMILES string of the molecule is CCCCC1=CCC=C1CC. The quantitative estimate of drug-likeness (QED) is 0.571. The minimum Gasteiger partial charge on any atom is -0.0773 e. The van der Waals surface area contributed by atoms with E-state index >= 15 is 0 Å². The van der Waals surface area contributed by atoms with Crippen LogP contribution in [0.5, 0.6) is 0 Å². The molecule has 0 aliphatic heterocycles. The predicted molar refractivity (Wildman–Crippen MR) is 50.6 cm³/mol. The Bertz CT molecular complexity index is 172. The summed E-state index contributed by atoms with van der Waals surface area (Å²) < 4.78 is 0. The third-order valence-electron chi connectivity index (χ3n) is 2.32. The van der Waals surface area contributed by atoms with E-state index in [2.05, 4.69) is 26.0 Å². The highest BCUT2D eigenvalue weighted by molar-refractivity contribution is 5.36. The summed E-state index contributed by atoms with van der Waals surface area (Å²) in [5.41, 5.74) is 3.22. The Balaban J connectivity index is 2.39. The standard InChI is InChI=1S/C11H18/c1-3-5-7-11-9-6-8-10(11)4-2/h8-9H,3-7H2,1-2H3. The highest BCUT2D eigenvalue weighted by Gasteiger charge is 2.06. The third-order valence-corrected chi connectivity index (χ3v) is 2.32. The topological polar surface area (TPSA) is 0 Å². The van der Waals surface area contributed by atoms with Crippen molar-refractivity contribution in [2.75, 3.05) is 0 Å². The molecule has 0 spiro atoms. The van der Waals surface area contributed by atoms with Gasteiger partial charge in [0.05, 0.1) is 0 Å². The first-order valence-electron chi connectivity index (χ1n) is 4.77. The molecule has 0 radical (unpaired) electrons. The third kappa shape index (κ3) is 2.21. The van der Waals surface area contributed by atoms with Gasteiger partial charge in [-0.15, -0.1) is 0 Å². The fraction of sp³-hybridized carbons (Fsp3) is 0.636. The van der Waals surface area contributed by atoms with Gasteiger partial charge in [-0.1, -0.05) is 32.4 Å². The highest BCUT2D eigenvalue weighted by Crippen LogP contribution is 2.25. The zero-order chi connectivity index (χ0) is 8.10. The fourth-order valence-corrected chi connectivity index (χ4v) is 1.61. The number of hydrogen-bond acceptors (Lipinski definition) is 0. The van der Waals surface area contributed by atoms with Crippen LogP contribution in [0.25, 0.3) is 0 Å². The van der Waals surface area contributed by atoms with Crippen molar-refractivity contribution >= 4 is 0 Å². The summed E-state index contributed by atoms with van der Waals surface area (Å²) in [4.78, 5) is 0. The zero-order valence-corrected chi connectivity index (χ0v) is 7.69. The van der Waals surface area contributed by atoms with E-state index in [0.717, 1.165) is 0 Å². The van der Waals surface area contributed by atoms with Gasteiger partial charge in [0.2, 0.25) is 0 Å². The molecule has 0 aromatic heterocycles. The van der Waals surface area contributed by atoms with Crippen LogP contribution in [0.15, 0.2) is 23.3 Å². The lowest BCUT2D eigenvalue weighted by Gasteiger charge is -2.04. The molecule has 0 heterocycles. The van der Waals surface area contributed by atoms with Gasteiger partial charge in [0.1, 0.15) is 0 Å². The summed E-state index contributed by atoms with van der Waals surface area (Å²) in [6.45, 7) is 4.50. The normalized spacial score (nSPS) is 16.5. The summed E-state index contributed by atoms with van der Waals surface area (Å²) in [6.07, 6.45) is 11.1. The first-order valence-corrected chi connectivity index (χ1v) is 4.77. The number of hydrogen-bond donors (Lipinski definition) is 0. The second kappa shape index (κ2) is 4.38. The molecule has 0 N–H and O–H groups in total. The van der Waals surface area contributed by atoms with E-state index in [9.17, 15) is 0 Å². The molecule has 0 aromatic carbocycles. The minimum atomic E-state index is 1.18. The van der Waals surface area contributed by atoms with Crippen molar-refractivity contribution in [2.45, 2.75) is 46.0 Å². The molecule has 0 heteroatoms. The molecule has 1 rings (SSSR count). The molecular weight excluding hydrogens is 132 g/mol. The van der Waals surface area contributed by atoms with Crippen molar-refractivity contribution in [3.8, 4) is 0 Å². The molecule has 0 bridgehead atoms. The summed E-state index contributed by atoms with van der Waals surface area (Å²) in [5.74, 6) is 0. The smallest absolute Gasteiger partial charge is 0.0157 e. The van der Waals surface area contributed by atoms with E-state index in [1.54, 1.807) is 11.1 Å². The van der Waals surface area contributed by atoms with Gasteiger partial charge >= 0.3 is 0 Å². The highest BCUT2D eigenvalue weighted by atomic mass is 14.1. The van der Waals surface area contributed by atoms with E-state index in [-0.39, 0.29) is 0 Å². The summed E-state index contributed by atoms with van der Waals surface area (Å²) in [6, 6.07) is 0. The average molecular weight is 150 g/mol. The van der Waals surface area contributed by atoms with Crippen molar-refractivity contribution in [3.63, 3.8) is 0 Å². The Morgan fingerprint density at radius 3 is 2.55 bits per heavy atom. The number of rotatable bonds is 4. The lowest BCUT2D eigenvalue weighted by atomic mass is 10.0. The van der Waals surface area contributed by atoms with E-state index < -0.39 is 0 Å². The molecular formula is C11H18. The molecule has 0 saturated heterocycles. The Morgan fingerprint density at radius 2 is 1.91 bits per heavy atom. The van der Waals surface area contributed by atoms with Crippen molar-refractivity contribution in [3.05, 3.63) is 23.3 Å². The Kier molecular flexibility index (Phi) is 3.41. The average Bonchev–Trinajstić information content (AvgIpc) is 2.47. The second-order valence-electron chi connectivity index (χ2n) is 3.15. The molecule has 0 saturated carbocycles. The maximum absolute atomic E-state index is 2.38. The van der Waals surface area contributed by atoms with Gasteiger partial charge < -0.3 is 0 Å². The molecule has 62 valence electrons. The van der Waals surface area contributed by atoms with E-state index in [0.29, 0.717) is 0 Å². The number of allylic oxidation sites excluding steroid dienone is 4. The Morgan fingerprint density at radius 1 is 1.18 bits per heavy atom. The van der Waals surface area contributed by atoms with Crippen molar-refractivity contribution in [1.29, 1.82) is 0 Å². The molecule has 1 aliphatic carbocycles. The van der Waals surface area contributed by atoms with Gasteiger partial charge in [0, 0.05) is 0 Å². The van der Waals surface area contributed by atoms with E-state index in [1.807, 2.05) is 0 Å². The molecule has 0 amide bonds. The maximum Gasteiger partial charge on any atom is -0.0157 e. The van der Waals surface area contributed by atoms with Crippen LogP contribution in [-0.2, 0) is 0 Å². The molecule has 0 unspecified atom stereocenters. The van der Waals surface area contributed by atoms with E-state index in [4.69, 9.17) is 0 Å². The van der Waals surface area contributed by atoms with Crippen LogP contribution in [0.1, 0.15) is 46.0 Å². The van der Waals surface area contributed by atoms with Crippen molar-refractivity contribution in [2.24, 2.45) is 0 Å². The Hall–Kier alpha value is -0.520. The molecule has 0 atom stereocenters. The second-order valence-corrected chi connectivity index (χ2v) is 3.15. The van der Waals surface area contributed by atoms with Crippen molar-refractivity contribution < 1.29 is 0 Å². The number of unbranched alkanes of at least 4 members (excludes halogenated alkanes) is 1. The van der Waals surface area contributed by atoms with Crippen LogP contribution < -0.4 is 0 Å². The zero-order valence-electron chi connectivity index (χ0n) is 7.69. The van der Waals surface area contributed by atoms with Crippen LogP contribution in [0, 0.1) is 0 Å². The first-order chi connectivity index (χ1) is 5.38. The molecule has 11 heavy (non-hydrogen) atoms. The summed E-state index contributed by atoms with van der Waals surface area (Å²) in [5, 5.41) is 0. The molecule has 0 nitrogen and oxygen atoms in total. The minimum absolute atomic E-state index is 1.18. The first kappa shape index (κ1) is 8.58. The maximum atomic E-state index is 2.38. The van der Waals surface area contributed by atoms with E-state index in [1.165, 1.54) is 32.1 Å². The lowest BCUT2D eigenvalue weighted by Crippen LogP contribution is -1.84. The van der Waals surface area contributed by atoms with Crippen LogP contribution in [0.3, 0.4) is 0 Å². The molecule has 0 aromatic rings. The fourth-order valence-electron chi connectivity index (χ4n) is 1.61. The summed E-state index contributed by atoms with van der Waals surface area (Å²) >= 11 is 0. The Labute approximate surface area is 70.0 Å². The summed E-state index contributed by atoms with van der Waals surface area (Å²) in [7, 11) is 0. The van der Waals surface area contributed by atoms with Gasteiger partial charge in [-0.25, -0.2) is 0 Å². The van der Waals surface area contributed by atoms with Crippen LogP contribution in [0.4, 0.5) is 0 Å². The van der Waals surface area contributed by atoms with Crippen LogP contribution >= 0.6 is 0 Å². The van der Waals surface area contributed by atoms with Gasteiger partial charge in [-0.3, -0.25) is 0 Å².